The molecule has 0 amide bonds. The molecule has 0 aliphatic rings. The Labute approximate surface area is 170 Å². The number of hydrogen-bond donors (Lipinski definition) is 0. The van der Waals surface area contributed by atoms with Crippen LogP contribution in [0, 0.1) is 13.8 Å². The first kappa shape index (κ1) is 18.7. The number of ether oxygens (including phenoxy) is 2. The summed E-state index contributed by atoms with van der Waals surface area (Å²) in [5, 5.41) is 13.2. The molecule has 0 aliphatic carbocycles. The molecular formula is C19H19N5O2S2. The SMILES string of the molecule is COc1ccc(-c2csc3nc(C)nc(Sc4nnc(C)n4C)c23)cc1OC. The van der Waals surface area contributed by atoms with Gasteiger partial charge in [-0.15, -0.1) is 21.5 Å². The summed E-state index contributed by atoms with van der Waals surface area (Å²) in [6, 6.07) is 5.90. The van der Waals surface area contributed by atoms with E-state index in [9.17, 15) is 0 Å². The highest BCUT2D eigenvalue weighted by atomic mass is 32.2. The molecule has 0 saturated heterocycles. The largest absolute Gasteiger partial charge is 0.493 e. The molecule has 9 heteroatoms. The van der Waals surface area contributed by atoms with Gasteiger partial charge in [-0.2, -0.15) is 0 Å². The van der Waals surface area contributed by atoms with Crippen LogP contribution in [0.4, 0.5) is 0 Å². The summed E-state index contributed by atoms with van der Waals surface area (Å²) in [5.41, 5.74) is 2.08. The van der Waals surface area contributed by atoms with E-state index in [-0.39, 0.29) is 0 Å². The molecule has 3 heterocycles. The maximum Gasteiger partial charge on any atom is 0.197 e. The van der Waals surface area contributed by atoms with Gasteiger partial charge in [0.1, 0.15) is 21.5 Å². The molecule has 144 valence electrons. The average molecular weight is 414 g/mol. The Balaban J connectivity index is 1.88. The van der Waals surface area contributed by atoms with Crippen LogP contribution in [0.15, 0.2) is 33.8 Å². The number of thiophene rings is 1. The fraction of sp³-hybridized carbons (Fsp3) is 0.263. The monoisotopic (exact) mass is 413 g/mol. The summed E-state index contributed by atoms with van der Waals surface area (Å²) in [6.07, 6.45) is 0. The molecule has 0 fully saturated rings. The Morgan fingerprint density at radius 1 is 1.04 bits per heavy atom. The highest BCUT2D eigenvalue weighted by Crippen LogP contribution is 2.42. The molecule has 0 saturated carbocycles. The average Bonchev–Trinajstić information content (AvgIpc) is 3.26. The lowest BCUT2D eigenvalue weighted by Gasteiger charge is -2.10. The zero-order valence-corrected chi connectivity index (χ0v) is 17.8. The van der Waals surface area contributed by atoms with Crippen LogP contribution in [-0.2, 0) is 7.05 Å². The summed E-state index contributed by atoms with van der Waals surface area (Å²) in [5.74, 6) is 2.97. The third-order valence-electron chi connectivity index (χ3n) is 4.45. The molecule has 0 aliphatic heterocycles. The minimum atomic E-state index is 0.686. The first-order chi connectivity index (χ1) is 13.5. The number of aromatic nitrogens is 5. The Bertz CT molecular complexity index is 1170. The molecule has 0 radical (unpaired) electrons. The molecule has 4 aromatic rings. The summed E-state index contributed by atoms with van der Waals surface area (Å²) in [6.45, 7) is 3.83. The number of aryl methyl sites for hydroxylation is 2. The molecule has 7 nitrogen and oxygen atoms in total. The molecule has 3 aromatic heterocycles. The molecule has 28 heavy (non-hydrogen) atoms. The van der Waals surface area contributed by atoms with Gasteiger partial charge in [-0.1, -0.05) is 6.07 Å². The Morgan fingerprint density at radius 3 is 2.50 bits per heavy atom. The minimum Gasteiger partial charge on any atom is -0.493 e. The topological polar surface area (TPSA) is 75.0 Å². The predicted octanol–water partition coefficient (Wildman–Crippen LogP) is 4.27. The van der Waals surface area contributed by atoms with Gasteiger partial charge in [0.15, 0.2) is 16.7 Å². The maximum atomic E-state index is 5.47. The molecular weight excluding hydrogens is 394 g/mol. The van der Waals surface area contributed by atoms with Crippen LogP contribution < -0.4 is 9.47 Å². The van der Waals surface area contributed by atoms with Gasteiger partial charge >= 0.3 is 0 Å². The van der Waals surface area contributed by atoms with Crippen LogP contribution in [-0.4, -0.2) is 39.0 Å². The number of nitrogens with zero attached hydrogens (tertiary/aromatic N) is 5. The number of rotatable bonds is 5. The molecule has 0 bridgehead atoms. The summed E-state index contributed by atoms with van der Waals surface area (Å²) >= 11 is 3.10. The number of fused-ring (bicyclic) bond motifs is 1. The number of methoxy groups -OCH3 is 2. The first-order valence-corrected chi connectivity index (χ1v) is 10.2. The summed E-state index contributed by atoms with van der Waals surface area (Å²) in [7, 11) is 5.22. The van der Waals surface area contributed by atoms with Crippen molar-refractivity contribution in [3.8, 4) is 22.6 Å². The molecule has 0 N–H and O–H groups in total. The first-order valence-electron chi connectivity index (χ1n) is 8.54. The zero-order valence-electron chi connectivity index (χ0n) is 16.2. The molecule has 0 spiro atoms. The van der Waals surface area contributed by atoms with Crippen molar-refractivity contribution >= 4 is 33.3 Å². The van der Waals surface area contributed by atoms with E-state index in [0.717, 1.165) is 43.2 Å². The van der Waals surface area contributed by atoms with Gasteiger partial charge < -0.3 is 14.0 Å². The van der Waals surface area contributed by atoms with Gasteiger partial charge in [0.25, 0.3) is 0 Å². The van der Waals surface area contributed by atoms with Crippen LogP contribution in [0.2, 0.25) is 0 Å². The second-order valence-electron chi connectivity index (χ2n) is 6.17. The third kappa shape index (κ3) is 3.20. The number of benzene rings is 1. The van der Waals surface area contributed by atoms with Gasteiger partial charge in [-0.3, -0.25) is 0 Å². The molecule has 1 aromatic carbocycles. The van der Waals surface area contributed by atoms with Crippen molar-refractivity contribution in [2.24, 2.45) is 7.05 Å². The molecule has 0 unspecified atom stereocenters. The van der Waals surface area contributed by atoms with E-state index in [1.165, 1.54) is 11.8 Å². The standard InChI is InChI=1S/C19H19N5O2S2/c1-10-20-17-16(18(21-10)28-19-23-22-11(2)24(19)3)13(9-27-17)12-6-7-14(25-4)15(8-12)26-5/h6-9H,1-5H3. The fourth-order valence-corrected chi connectivity index (χ4v) is 4.93. The van der Waals surface area contributed by atoms with E-state index in [0.29, 0.717) is 11.5 Å². The van der Waals surface area contributed by atoms with Crippen LogP contribution in [0.3, 0.4) is 0 Å². The van der Waals surface area contributed by atoms with Crippen molar-refractivity contribution in [2.45, 2.75) is 24.0 Å². The highest BCUT2D eigenvalue weighted by Gasteiger charge is 2.18. The van der Waals surface area contributed by atoms with E-state index >= 15 is 0 Å². The highest BCUT2D eigenvalue weighted by molar-refractivity contribution is 7.99. The molecule has 0 atom stereocenters. The van der Waals surface area contributed by atoms with E-state index in [1.54, 1.807) is 25.6 Å². The van der Waals surface area contributed by atoms with Crippen LogP contribution >= 0.6 is 23.1 Å². The Kier molecular flexibility index (Phi) is 4.94. The lowest BCUT2D eigenvalue weighted by molar-refractivity contribution is 0.355. The lowest BCUT2D eigenvalue weighted by Crippen LogP contribution is -1.96. The number of hydrogen-bond acceptors (Lipinski definition) is 8. The van der Waals surface area contributed by atoms with Gasteiger partial charge in [-0.25, -0.2) is 9.97 Å². The van der Waals surface area contributed by atoms with Crippen molar-refractivity contribution in [1.82, 2.24) is 24.7 Å². The molecule has 4 rings (SSSR count). The van der Waals surface area contributed by atoms with E-state index in [4.69, 9.17) is 14.5 Å². The van der Waals surface area contributed by atoms with Crippen molar-refractivity contribution in [3.05, 3.63) is 35.2 Å². The van der Waals surface area contributed by atoms with E-state index < -0.39 is 0 Å². The lowest BCUT2D eigenvalue weighted by atomic mass is 10.1. The second kappa shape index (κ2) is 7.40. The van der Waals surface area contributed by atoms with Crippen molar-refractivity contribution in [3.63, 3.8) is 0 Å². The van der Waals surface area contributed by atoms with Gasteiger partial charge in [0.2, 0.25) is 0 Å². The van der Waals surface area contributed by atoms with E-state index in [2.05, 4.69) is 20.6 Å². The zero-order chi connectivity index (χ0) is 19.8. The van der Waals surface area contributed by atoms with Gasteiger partial charge in [0, 0.05) is 18.0 Å². The quantitative estimate of drug-likeness (QED) is 0.452. The van der Waals surface area contributed by atoms with Gasteiger partial charge in [-0.05, 0) is 43.3 Å². The normalized spacial score (nSPS) is 11.2. The minimum absolute atomic E-state index is 0.686. The Morgan fingerprint density at radius 2 is 1.82 bits per heavy atom. The van der Waals surface area contributed by atoms with Crippen molar-refractivity contribution < 1.29 is 9.47 Å². The van der Waals surface area contributed by atoms with Crippen LogP contribution in [0.25, 0.3) is 21.3 Å². The van der Waals surface area contributed by atoms with E-state index in [1.807, 2.05) is 43.7 Å². The smallest absolute Gasteiger partial charge is 0.197 e. The second-order valence-corrected chi connectivity index (χ2v) is 7.98. The maximum absolute atomic E-state index is 5.47. The van der Waals surface area contributed by atoms with Crippen molar-refractivity contribution in [1.29, 1.82) is 0 Å². The van der Waals surface area contributed by atoms with Crippen molar-refractivity contribution in [2.75, 3.05) is 14.2 Å². The van der Waals surface area contributed by atoms with Gasteiger partial charge in [0.05, 0.1) is 19.6 Å². The third-order valence-corrected chi connectivity index (χ3v) is 6.35. The summed E-state index contributed by atoms with van der Waals surface area (Å²) < 4.78 is 12.8. The van der Waals surface area contributed by atoms with Crippen LogP contribution in [0.5, 0.6) is 11.5 Å². The fourth-order valence-electron chi connectivity index (χ4n) is 2.86. The summed E-state index contributed by atoms with van der Waals surface area (Å²) in [4.78, 5) is 10.3. The van der Waals surface area contributed by atoms with Crippen LogP contribution in [0.1, 0.15) is 11.6 Å². The Hall–Kier alpha value is -2.65. The predicted molar refractivity (Wildman–Crippen MR) is 111 cm³/mol.